The van der Waals surface area contributed by atoms with Gasteiger partial charge in [0.15, 0.2) is 0 Å². The molecule has 0 aromatic rings. The van der Waals surface area contributed by atoms with Crippen LogP contribution < -0.4 is 5.32 Å². The Labute approximate surface area is 125 Å². The summed E-state index contributed by atoms with van der Waals surface area (Å²) in [5.74, 6) is 0. The van der Waals surface area contributed by atoms with Crippen molar-refractivity contribution in [1.82, 2.24) is 15.1 Å². The summed E-state index contributed by atoms with van der Waals surface area (Å²) in [5.41, 5.74) is 0.320. The minimum Gasteiger partial charge on any atom is -0.380 e. The van der Waals surface area contributed by atoms with E-state index in [2.05, 4.69) is 42.8 Å². The van der Waals surface area contributed by atoms with E-state index in [1.165, 1.54) is 39.0 Å². The van der Waals surface area contributed by atoms with Crippen molar-refractivity contribution in [3.8, 4) is 0 Å². The molecule has 20 heavy (non-hydrogen) atoms. The zero-order valence-electron chi connectivity index (χ0n) is 14.1. The number of nitrogens with one attached hydrogen (secondary N) is 1. The minimum absolute atomic E-state index is 0.320. The molecule has 0 aromatic heterocycles. The van der Waals surface area contributed by atoms with Crippen LogP contribution in [0.5, 0.6) is 0 Å². The molecule has 4 nitrogen and oxygen atoms in total. The molecule has 0 aromatic carbocycles. The Balaban J connectivity index is 1.94. The second kappa shape index (κ2) is 9.72. The maximum absolute atomic E-state index is 5.53. The van der Waals surface area contributed by atoms with Crippen LogP contribution in [0.15, 0.2) is 0 Å². The Morgan fingerprint density at radius 1 is 1.00 bits per heavy atom. The van der Waals surface area contributed by atoms with E-state index in [1.54, 1.807) is 0 Å². The van der Waals surface area contributed by atoms with Crippen molar-refractivity contribution >= 4 is 0 Å². The fraction of sp³-hybridized carbons (Fsp3) is 1.00. The summed E-state index contributed by atoms with van der Waals surface area (Å²) in [6, 6.07) is 0. The quantitative estimate of drug-likeness (QED) is 0.654. The van der Waals surface area contributed by atoms with Crippen LogP contribution in [0.4, 0.5) is 0 Å². The van der Waals surface area contributed by atoms with Gasteiger partial charge in [0.05, 0.1) is 6.61 Å². The molecular formula is C16H35N3O. The zero-order valence-corrected chi connectivity index (χ0v) is 14.1. The average molecular weight is 285 g/mol. The van der Waals surface area contributed by atoms with Crippen LogP contribution in [0.1, 0.15) is 40.5 Å². The summed E-state index contributed by atoms with van der Waals surface area (Å²) in [5, 5.41) is 3.47. The Morgan fingerprint density at radius 2 is 1.70 bits per heavy atom. The van der Waals surface area contributed by atoms with Crippen LogP contribution in [0, 0.1) is 0 Å². The highest BCUT2D eigenvalue weighted by Crippen LogP contribution is 2.15. The molecular weight excluding hydrogens is 250 g/mol. The highest BCUT2D eigenvalue weighted by molar-refractivity contribution is 4.81. The van der Waals surface area contributed by atoms with E-state index in [-0.39, 0.29) is 0 Å². The summed E-state index contributed by atoms with van der Waals surface area (Å²) >= 11 is 0. The third-order valence-corrected chi connectivity index (χ3v) is 3.99. The first-order valence-corrected chi connectivity index (χ1v) is 8.30. The van der Waals surface area contributed by atoms with Crippen molar-refractivity contribution in [2.75, 3.05) is 59.0 Å². The van der Waals surface area contributed by atoms with Gasteiger partial charge in [0.2, 0.25) is 0 Å². The first kappa shape index (κ1) is 17.9. The lowest BCUT2D eigenvalue weighted by molar-refractivity contribution is 0.0623. The molecule has 1 N–H and O–H groups in total. The van der Waals surface area contributed by atoms with Crippen LogP contribution >= 0.6 is 0 Å². The van der Waals surface area contributed by atoms with E-state index in [0.29, 0.717) is 5.54 Å². The van der Waals surface area contributed by atoms with E-state index in [4.69, 9.17) is 4.74 Å². The van der Waals surface area contributed by atoms with Gasteiger partial charge in [-0.15, -0.1) is 0 Å². The number of ether oxygens (including phenoxy) is 1. The SMILES string of the molecule is CCCCOCCNCCN1CCN(C(C)(C)C)CC1. The first-order valence-electron chi connectivity index (χ1n) is 8.30. The van der Waals surface area contributed by atoms with Gasteiger partial charge in [-0.25, -0.2) is 0 Å². The van der Waals surface area contributed by atoms with Crippen LogP contribution in [0.3, 0.4) is 0 Å². The second-order valence-corrected chi connectivity index (χ2v) is 6.72. The Morgan fingerprint density at radius 3 is 2.30 bits per heavy atom. The molecule has 0 unspecified atom stereocenters. The topological polar surface area (TPSA) is 27.7 Å². The molecule has 0 amide bonds. The molecule has 0 saturated carbocycles. The highest BCUT2D eigenvalue weighted by Gasteiger charge is 2.25. The van der Waals surface area contributed by atoms with Gasteiger partial charge in [0.25, 0.3) is 0 Å². The Hall–Kier alpha value is -0.160. The van der Waals surface area contributed by atoms with Gasteiger partial charge in [-0.1, -0.05) is 13.3 Å². The monoisotopic (exact) mass is 285 g/mol. The molecule has 0 aliphatic carbocycles. The van der Waals surface area contributed by atoms with Gasteiger partial charge in [0, 0.05) is 58.0 Å². The lowest BCUT2D eigenvalue weighted by Gasteiger charge is -2.42. The largest absolute Gasteiger partial charge is 0.380 e. The van der Waals surface area contributed by atoms with Gasteiger partial charge in [-0.05, 0) is 27.2 Å². The van der Waals surface area contributed by atoms with Crippen molar-refractivity contribution in [2.24, 2.45) is 0 Å². The van der Waals surface area contributed by atoms with Gasteiger partial charge >= 0.3 is 0 Å². The molecule has 1 heterocycles. The molecule has 1 fully saturated rings. The van der Waals surface area contributed by atoms with Gasteiger partial charge < -0.3 is 10.1 Å². The third kappa shape index (κ3) is 7.58. The maximum Gasteiger partial charge on any atom is 0.0590 e. The summed E-state index contributed by atoms with van der Waals surface area (Å²) in [4.78, 5) is 5.14. The molecule has 1 saturated heterocycles. The highest BCUT2D eigenvalue weighted by atomic mass is 16.5. The number of nitrogens with zero attached hydrogens (tertiary/aromatic N) is 2. The Bertz CT molecular complexity index is 232. The van der Waals surface area contributed by atoms with E-state index < -0.39 is 0 Å². The van der Waals surface area contributed by atoms with Crippen LogP contribution in [-0.2, 0) is 4.74 Å². The van der Waals surface area contributed by atoms with Crippen LogP contribution in [0.2, 0.25) is 0 Å². The third-order valence-electron chi connectivity index (χ3n) is 3.99. The number of hydrogen-bond donors (Lipinski definition) is 1. The summed E-state index contributed by atoms with van der Waals surface area (Å²) in [6.07, 6.45) is 2.39. The molecule has 1 aliphatic heterocycles. The molecule has 0 spiro atoms. The maximum atomic E-state index is 5.53. The van der Waals surface area contributed by atoms with Crippen molar-refractivity contribution in [3.63, 3.8) is 0 Å². The molecule has 120 valence electrons. The lowest BCUT2D eigenvalue weighted by atomic mass is 10.1. The van der Waals surface area contributed by atoms with Crippen molar-refractivity contribution in [3.05, 3.63) is 0 Å². The van der Waals surface area contributed by atoms with E-state index in [1.807, 2.05) is 0 Å². The van der Waals surface area contributed by atoms with Crippen LogP contribution in [-0.4, -0.2) is 74.4 Å². The smallest absolute Gasteiger partial charge is 0.0590 e. The molecule has 4 heteroatoms. The van der Waals surface area contributed by atoms with E-state index in [0.717, 1.165) is 32.8 Å². The number of hydrogen-bond acceptors (Lipinski definition) is 4. The first-order chi connectivity index (χ1) is 9.54. The van der Waals surface area contributed by atoms with Gasteiger partial charge in [0.1, 0.15) is 0 Å². The summed E-state index contributed by atoms with van der Waals surface area (Å²) < 4.78 is 5.53. The Kier molecular flexibility index (Phi) is 8.69. The fourth-order valence-corrected chi connectivity index (χ4v) is 2.50. The number of piperazine rings is 1. The van der Waals surface area contributed by atoms with Crippen molar-refractivity contribution in [1.29, 1.82) is 0 Å². The lowest BCUT2D eigenvalue weighted by Crippen LogP contribution is -2.54. The van der Waals surface area contributed by atoms with E-state index in [9.17, 15) is 0 Å². The minimum atomic E-state index is 0.320. The summed E-state index contributed by atoms with van der Waals surface area (Å²) in [7, 11) is 0. The fourth-order valence-electron chi connectivity index (χ4n) is 2.50. The number of unbranched alkanes of at least 4 members (excludes halogenated alkanes) is 1. The van der Waals surface area contributed by atoms with E-state index >= 15 is 0 Å². The predicted molar refractivity (Wildman–Crippen MR) is 86.4 cm³/mol. The second-order valence-electron chi connectivity index (χ2n) is 6.72. The van der Waals surface area contributed by atoms with Gasteiger partial charge in [-0.2, -0.15) is 0 Å². The van der Waals surface area contributed by atoms with Crippen LogP contribution in [0.25, 0.3) is 0 Å². The number of rotatable bonds is 9. The van der Waals surface area contributed by atoms with Crippen molar-refractivity contribution in [2.45, 2.75) is 46.1 Å². The molecule has 0 bridgehead atoms. The zero-order chi connectivity index (χ0) is 14.8. The molecule has 1 rings (SSSR count). The standard InChI is InChI=1S/C16H35N3O/c1-5-6-14-20-15-8-17-7-9-18-10-12-19(13-11-18)16(2,3)4/h17H,5-15H2,1-4H3. The predicted octanol–water partition coefficient (Wildman–Crippen LogP) is 1.81. The molecule has 0 radical (unpaired) electrons. The molecule has 1 aliphatic rings. The van der Waals surface area contributed by atoms with Crippen molar-refractivity contribution < 1.29 is 4.74 Å². The average Bonchev–Trinajstić information content (AvgIpc) is 2.41. The normalized spacial score (nSPS) is 18.6. The van der Waals surface area contributed by atoms with Gasteiger partial charge in [-0.3, -0.25) is 9.80 Å². The summed E-state index contributed by atoms with van der Waals surface area (Å²) in [6.45, 7) is 18.9. The molecule has 0 atom stereocenters.